The van der Waals surface area contributed by atoms with E-state index in [9.17, 15) is 4.79 Å². The van der Waals surface area contributed by atoms with E-state index in [1.165, 1.54) is 0 Å². The van der Waals surface area contributed by atoms with Crippen LogP contribution in [0.15, 0.2) is 24.3 Å². The fourth-order valence-corrected chi connectivity index (χ4v) is 2.31. The smallest absolute Gasteiger partial charge is 0.238 e. The molecule has 18 heavy (non-hydrogen) atoms. The van der Waals surface area contributed by atoms with Crippen molar-refractivity contribution in [3.63, 3.8) is 0 Å². The molecule has 0 aliphatic carbocycles. The number of nitrogens with two attached hydrogens (primary N) is 1. The molecule has 0 unspecified atom stereocenters. The summed E-state index contributed by atoms with van der Waals surface area (Å²) in [5, 5.41) is 2.91. The van der Waals surface area contributed by atoms with Gasteiger partial charge in [-0.15, -0.1) is 0 Å². The molecule has 4 nitrogen and oxygen atoms in total. The molecule has 4 heteroatoms. The Balaban J connectivity index is 1.80. The second-order valence-corrected chi connectivity index (χ2v) is 5.28. The molecule has 1 aliphatic heterocycles. The van der Waals surface area contributed by atoms with Gasteiger partial charge in [0.05, 0.1) is 6.54 Å². The molecule has 0 spiro atoms. The molecular formula is C14H21N3O. The second-order valence-electron chi connectivity index (χ2n) is 5.28. The molecule has 2 rings (SSSR count). The number of carbonyl (C=O) groups is 1. The van der Waals surface area contributed by atoms with Gasteiger partial charge in [0.25, 0.3) is 0 Å². The minimum atomic E-state index is -0.0797. The van der Waals surface area contributed by atoms with Crippen LogP contribution >= 0.6 is 0 Å². The van der Waals surface area contributed by atoms with Crippen molar-refractivity contribution in [2.24, 2.45) is 5.73 Å². The minimum Gasteiger partial charge on any atom is -0.325 e. The van der Waals surface area contributed by atoms with Gasteiger partial charge in [0, 0.05) is 24.3 Å². The highest BCUT2D eigenvalue weighted by atomic mass is 16.2. The van der Waals surface area contributed by atoms with E-state index in [0.717, 1.165) is 30.8 Å². The van der Waals surface area contributed by atoms with E-state index < -0.39 is 0 Å². The van der Waals surface area contributed by atoms with Crippen LogP contribution < -0.4 is 11.1 Å². The molecule has 0 atom stereocenters. The van der Waals surface area contributed by atoms with E-state index in [1.54, 1.807) is 0 Å². The number of benzene rings is 1. The van der Waals surface area contributed by atoms with Crippen molar-refractivity contribution in [3.05, 3.63) is 29.8 Å². The molecule has 0 saturated carbocycles. The normalized spacial score (nSPS) is 18.2. The predicted molar refractivity (Wildman–Crippen MR) is 73.5 cm³/mol. The van der Waals surface area contributed by atoms with E-state index in [-0.39, 0.29) is 11.4 Å². The van der Waals surface area contributed by atoms with Crippen molar-refractivity contribution in [1.29, 1.82) is 0 Å². The Bertz CT molecular complexity index is 438. The number of amides is 1. The Morgan fingerprint density at radius 1 is 1.50 bits per heavy atom. The Morgan fingerprint density at radius 2 is 2.22 bits per heavy atom. The van der Waals surface area contributed by atoms with Gasteiger partial charge < -0.3 is 11.1 Å². The maximum atomic E-state index is 11.8. The summed E-state index contributed by atoms with van der Waals surface area (Å²) in [6, 6.07) is 7.82. The van der Waals surface area contributed by atoms with E-state index in [0.29, 0.717) is 6.54 Å². The van der Waals surface area contributed by atoms with Crippen LogP contribution in [0.4, 0.5) is 5.69 Å². The topological polar surface area (TPSA) is 58.4 Å². The molecule has 3 N–H and O–H groups in total. The van der Waals surface area contributed by atoms with Gasteiger partial charge in [-0.05, 0) is 31.0 Å². The average molecular weight is 247 g/mol. The fourth-order valence-electron chi connectivity index (χ4n) is 2.31. The Hall–Kier alpha value is -1.39. The van der Waals surface area contributed by atoms with Crippen LogP contribution in [0.25, 0.3) is 0 Å². The molecule has 1 amide bonds. The quantitative estimate of drug-likeness (QED) is 0.844. The van der Waals surface area contributed by atoms with Crippen LogP contribution in [0.1, 0.15) is 18.9 Å². The standard InChI is InChI=1S/C14H21N3O/c1-3-14(15)9-17(10-14)8-13(18)16-12-6-4-5-11(2)7-12/h4-7H,3,8-10,15H2,1-2H3,(H,16,18). The van der Waals surface area contributed by atoms with Gasteiger partial charge in [-0.3, -0.25) is 9.69 Å². The summed E-state index contributed by atoms with van der Waals surface area (Å²) >= 11 is 0. The molecule has 1 fully saturated rings. The SMILES string of the molecule is CCC1(N)CN(CC(=O)Nc2cccc(C)c2)C1. The van der Waals surface area contributed by atoms with Gasteiger partial charge in [-0.1, -0.05) is 19.1 Å². The first kappa shape index (κ1) is 13.1. The average Bonchev–Trinajstić information content (AvgIpc) is 2.26. The first-order valence-electron chi connectivity index (χ1n) is 6.38. The first-order valence-corrected chi connectivity index (χ1v) is 6.38. The van der Waals surface area contributed by atoms with Gasteiger partial charge in [0.15, 0.2) is 0 Å². The number of carbonyl (C=O) groups excluding carboxylic acids is 1. The van der Waals surface area contributed by atoms with Gasteiger partial charge in [0.1, 0.15) is 0 Å². The van der Waals surface area contributed by atoms with Crippen LogP contribution in [0.5, 0.6) is 0 Å². The summed E-state index contributed by atoms with van der Waals surface area (Å²) in [5.74, 6) is 0.0266. The molecule has 1 heterocycles. The van der Waals surface area contributed by atoms with Crippen molar-refractivity contribution in [2.45, 2.75) is 25.8 Å². The first-order chi connectivity index (χ1) is 8.50. The molecule has 98 valence electrons. The maximum Gasteiger partial charge on any atom is 0.238 e. The summed E-state index contributed by atoms with van der Waals surface area (Å²) in [6.45, 7) is 6.14. The molecule has 1 aliphatic rings. The van der Waals surface area contributed by atoms with E-state index >= 15 is 0 Å². The van der Waals surface area contributed by atoms with Crippen molar-refractivity contribution < 1.29 is 4.79 Å². The molecular weight excluding hydrogens is 226 g/mol. The minimum absolute atomic E-state index is 0.0266. The lowest BCUT2D eigenvalue weighted by Gasteiger charge is -2.47. The monoisotopic (exact) mass is 247 g/mol. The number of aryl methyl sites for hydroxylation is 1. The highest BCUT2D eigenvalue weighted by Crippen LogP contribution is 2.21. The number of anilines is 1. The lowest BCUT2D eigenvalue weighted by Crippen LogP contribution is -2.67. The molecule has 1 aromatic carbocycles. The number of nitrogens with zero attached hydrogens (tertiary/aromatic N) is 1. The van der Waals surface area contributed by atoms with Crippen LogP contribution in [0.2, 0.25) is 0 Å². The third-order valence-electron chi connectivity index (χ3n) is 3.45. The lowest BCUT2D eigenvalue weighted by atomic mass is 9.88. The number of nitrogens with one attached hydrogen (secondary N) is 1. The van der Waals surface area contributed by atoms with Crippen LogP contribution in [0, 0.1) is 6.92 Å². The second kappa shape index (κ2) is 5.08. The van der Waals surface area contributed by atoms with Gasteiger partial charge in [0.2, 0.25) is 5.91 Å². The van der Waals surface area contributed by atoms with Crippen LogP contribution in [-0.2, 0) is 4.79 Å². The Kier molecular flexibility index (Phi) is 3.68. The summed E-state index contributed by atoms with van der Waals surface area (Å²) in [5.41, 5.74) is 7.99. The highest BCUT2D eigenvalue weighted by molar-refractivity contribution is 5.92. The lowest BCUT2D eigenvalue weighted by molar-refractivity contribution is -0.119. The zero-order valence-corrected chi connectivity index (χ0v) is 11.1. The Morgan fingerprint density at radius 3 is 2.83 bits per heavy atom. The van der Waals surface area contributed by atoms with E-state index in [1.807, 2.05) is 31.2 Å². The van der Waals surface area contributed by atoms with Gasteiger partial charge in [-0.25, -0.2) is 0 Å². The van der Waals surface area contributed by atoms with Crippen LogP contribution in [0.3, 0.4) is 0 Å². The number of hydrogen-bond donors (Lipinski definition) is 2. The fraction of sp³-hybridized carbons (Fsp3) is 0.500. The molecule has 0 radical (unpaired) electrons. The zero-order valence-electron chi connectivity index (χ0n) is 11.1. The maximum absolute atomic E-state index is 11.8. The van der Waals surface area contributed by atoms with E-state index in [4.69, 9.17) is 5.73 Å². The molecule has 0 aromatic heterocycles. The van der Waals surface area contributed by atoms with E-state index in [2.05, 4.69) is 17.1 Å². The van der Waals surface area contributed by atoms with Crippen molar-refractivity contribution >= 4 is 11.6 Å². The largest absolute Gasteiger partial charge is 0.325 e. The third kappa shape index (κ3) is 3.09. The summed E-state index contributed by atoms with van der Waals surface area (Å²) in [6.07, 6.45) is 0.961. The molecule has 1 saturated heterocycles. The van der Waals surface area contributed by atoms with Gasteiger partial charge in [-0.2, -0.15) is 0 Å². The summed E-state index contributed by atoms with van der Waals surface area (Å²) < 4.78 is 0. The molecule has 1 aromatic rings. The summed E-state index contributed by atoms with van der Waals surface area (Å²) in [4.78, 5) is 13.9. The summed E-state index contributed by atoms with van der Waals surface area (Å²) in [7, 11) is 0. The Labute approximate surface area is 108 Å². The van der Waals surface area contributed by atoms with Crippen molar-refractivity contribution in [3.8, 4) is 0 Å². The number of likely N-dealkylation sites (tertiary alicyclic amines) is 1. The van der Waals surface area contributed by atoms with Crippen molar-refractivity contribution in [2.75, 3.05) is 25.0 Å². The zero-order chi connectivity index (χ0) is 13.2. The predicted octanol–water partition coefficient (Wildman–Crippen LogP) is 1.36. The highest BCUT2D eigenvalue weighted by Gasteiger charge is 2.38. The van der Waals surface area contributed by atoms with Crippen molar-refractivity contribution in [1.82, 2.24) is 4.90 Å². The number of hydrogen-bond acceptors (Lipinski definition) is 3. The third-order valence-corrected chi connectivity index (χ3v) is 3.45. The van der Waals surface area contributed by atoms with Gasteiger partial charge >= 0.3 is 0 Å². The number of rotatable bonds is 4. The van der Waals surface area contributed by atoms with Crippen LogP contribution in [-0.4, -0.2) is 36.0 Å². The molecule has 0 bridgehead atoms.